The van der Waals surface area contributed by atoms with Gasteiger partial charge in [-0.25, -0.2) is 13.4 Å². The summed E-state index contributed by atoms with van der Waals surface area (Å²) in [4.78, 5) is 31.1. The Morgan fingerprint density at radius 3 is 2.66 bits per heavy atom. The molecule has 0 aliphatic carbocycles. The summed E-state index contributed by atoms with van der Waals surface area (Å²) in [6, 6.07) is 11.5. The number of nitrogens with one attached hydrogen (secondary N) is 1. The standard InChI is InChI=1S/C19H16ClN3O4S2/c1-29(26,27)14-6-7-15-16(9-14)28-19(21-15)22-18(25)11-8-17(24)23(10-11)13-4-2-12(20)3-5-13/h2-7,9,11H,8,10H2,1H3,(H,21,22,25)/t11-/m0/s1. The van der Waals surface area contributed by atoms with Gasteiger partial charge in [0.25, 0.3) is 0 Å². The Morgan fingerprint density at radius 2 is 1.97 bits per heavy atom. The molecule has 1 aliphatic rings. The third-order valence-corrected chi connectivity index (χ3v) is 6.95. The maximum atomic E-state index is 12.7. The number of carbonyl (C=O) groups excluding carboxylic acids is 2. The largest absolute Gasteiger partial charge is 0.312 e. The zero-order valence-corrected chi connectivity index (χ0v) is 17.6. The minimum Gasteiger partial charge on any atom is -0.312 e. The predicted octanol–water partition coefficient (Wildman–Crippen LogP) is 3.34. The van der Waals surface area contributed by atoms with Gasteiger partial charge in [-0.1, -0.05) is 22.9 Å². The van der Waals surface area contributed by atoms with E-state index in [0.29, 0.717) is 26.1 Å². The van der Waals surface area contributed by atoms with E-state index in [1.165, 1.54) is 17.4 Å². The summed E-state index contributed by atoms with van der Waals surface area (Å²) in [5.74, 6) is -0.927. The molecular formula is C19H16ClN3O4S2. The van der Waals surface area contributed by atoms with Crippen molar-refractivity contribution in [3.63, 3.8) is 0 Å². The molecule has 3 aromatic rings. The summed E-state index contributed by atoms with van der Waals surface area (Å²) < 4.78 is 24.1. The Balaban J connectivity index is 1.49. The van der Waals surface area contributed by atoms with E-state index < -0.39 is 15.8 Å². The Morgan fingerprint density at radius 1 is 1.24 bits per heavy atom. The Bertz CT molecular complexity index is 1220. The average molecular weight is 450 g/mol. The predicted molar refractivity (Wildman–Crippen MR) is 113 cm³/mol. The van der Waals surface area contributed by atoms with Gasteiger partial charge in [0.05, 0.1) is 21.0 Å². The fourth-order valence-electron chi connectivity index (χ4n) is 3.15. The highest BCUT2D eigenvalue weighted by Crippen LogP contribution is 2.30. The molecule has 1 N–H and O–H groups in total. The van der Waals surface area contributed by atoms with Crippen LogP contribution in [0.5, 0.6) is 0 Å². The first kappa shape index (κ1) is 19.8. The van der Waals surface area contributed by atoms with E-state index in [9.17, 15) is 18.0 Å². The normalized spacial score (nSPS) is 17.1. The highest BCUT2D eigenvalue weighted by molar-refractivity contribution is 7.90. The Labute approximate surface area is 176 Å². The van der Waals surface area contributed by atoms with Crippen molar-refractivity contribution in [3.8, 4) is 0 Å². The number of halogens is 1. The van der Waals surface area contributed by atoms with E-state index in [1.807, 2.05) is 0 Å². The van der Waals surface area contributed by atoms with Crippen molar-refractivity contribution in [1.82, 2.24) is 4.98 Å². The summed E-state index contributed by atoms with van der Waals surface area (Å²) in [6.45, 7) is 0.273. The molecule has 0 radical (unpaired) electrons. The van der Waals surface area contributed by atoms with E-state index in [1.54, 1.807) is 41.3 Å². The van der Waals surface area contributed by atoms with Crippen LogP contribution in [0.3, 0.4) is 0 Å². The molecule has 0 saturated carbocycles. The lowest BCUT2D eigenvalue weighted by Crippen LogP contribution is -2.28. The van der Waals surface area contributed by atoms with Crippen LogP contribution in [0.25, 0.3) is 10.2 Å². The molecule has 2 aromatic carbocycles. The van der Waals surface area contributed by atoms with Crippen LogP contribution in [0.2, 0.25) is 5.02 Å². The van der Waals surface area contributed by atoms with Gasteiger partial charge in [0.1, 0.15) is 0 Å². The first-order valence-corrected chi connectivity index (χ1v) is 11.8. The summed E-state index contributed by atoms with van der Waals surface area (Å²) >= 11 is 7.08. The molecular weight excluding hydrogens is 434 g/mol. The molecule has 1 aliphatic heterocycles. The fraction of sp³-hybridized carbons (Fsp3) is 0.211. The summed E-state index contributed by atoms with van der Waals surface area (Å²) in [6.07, 6.45) is 1.25. The highest BCUT2D eigenvalue weighted by atomic mass is 35.5. The summed E-state index contributed by atoms with van der Waals surface area (Å²) in [5, 5.41) is 3.69. The molecule has 1 saturated heterocycles. The van der Waals surface area contributed by atoms with Crippen LogP contribution >= 0.6 is 22.9 Å². The van der Waals surface area contributed by atoms with Crippen LogP contribution in [0.15, 0.2) is 47.4 Å². The number of anilines is 2. The SMILES string of the molecule is CS(=O)(=O)c1ccc2nc(NC(=O)[C@H]3CC(=O)N(c4ccc(Cl)cc4)C3)sc2c1. The molecule has 2 amide bonds. The molecule has 1 fully saturated rings. The van der Waals surface area contributed by atoms with Gasteiger partial charge in [-0.15, -0.1) is 0 Å². The van der Waals surface area contributed by atoms with E-state index in [2.05, 4.69) is 10.3 Å². The van der Waals surface area contributed by atoms with Crippen molar-refractivity contribution in [2.24, 2.45) is 5.92 Å². The van der Waals surface area contributed by atoms with Crippen molar-refractivity contribution in [2.45, 2.75) is 11.3 Å². The lowest BCUT2D eigenvalue weighted by atomic mass is 10.1. The molecule has 1 aromatic heterocycles. The molecule has 0 unspecified atom stereocenters. The number of rotatable bonds is 4. The van der Waals surface area contributed by atoms with Crippen LogP contribution in [-0.4, -0.2) is 38.0 Å². The maximum Gasteiger partial charge on any atom is 0.231 e. The van der Waals surface area contributed by atoms with Gasteiger partial charge < -0.3 is 10.2 Å². The molecule has 29 heavy (non-hydrogen) atoms. The quantitative estimate of drug-likeness (QED) is 0.658. The van der Waals surface area contributed by atoms with E-state index in [0.717, 1.165) is 6.26 Å². The van der Waals surface area contributed by atoms with E-state index >= 15 is 0 Å². The average Bonchev–Trinajstić information content (AvgIpc) is 3.24. The maximum absolute atomic E-state index is 12.7. The number of benzene rings is 2. The Hall–Kier alpha value is -2.49. The van der Waals surface area contributed by atoms with Gasteiger partial charge in [-0.3, -0.25) is 9.59 Å². The second-order valence-electron chi connectivity index (χ2n) is 6.79. The number of aromatic nitrogens is 1. The van der Waals surface area contributed by atoms with Gasteiger partial charge in [-0.2, -0.15) is 0 Å². The van der Waals surface area contributed by atoms with Crippen LogP contribution in [0.1, 0.15) is 6.42 Å². The Kier molecular flexibility index (Phi) is 5.05. The van der Waals surface area contributed by atoms with Gasteiger partial charge in [0, 0.05) is 29.9 Å². The highest BCUT2D eigenvalue weighted by Gasteiger charge is 2.35. The number of amides is 2. The first-order chi connectivity index (χ1) is 13.7. The number of nitrogens with zero attached hydrogens (tertiary/aromatic N) is 2. The monoisotopic (exact) mass is 449 g/mol. The second kappa shape index (κ2) is 7.40. The van der Waals surface area contributed by atoms with Crippen LogP contribution in [0.4, 0.5) is 10.8 Å². The lowest BCUT2D eigenvalue weighted by molar-refractivity contribution is -0.122. The summed E-state index contributed by atoms with van der Waals surface area (Å²) in [5.41, 5.74) is 1.30. The molecule has 10 heteroatoms. The molecule has 0 spiro atoms. The van der Waals surface area contributed by atoms with E-state index in [-0.39, 0.29) is 29.7 Å². The number of carbonyl (C=O) groups is 2. The number of hydrogen-bond donors (Lipinski definition) is 1. The minimum atomic E-state index is -3.32. The molecule has 4 rings (SSSR count). The minimum absolute atomic E-state index is 0.109. The first-order valence-electron chi connectivity index (χ1n) is 8.68. The number of sulfone groups is 1. The molecule has 7 nitrogen and oxygen atoms in total. The van der Waals surface area contributed by atoms with Crippen LogP contribution in [0, 0.1) is 5.92 Å². The zero-order valence-electron chi connectivity index (χ0n) is 15.3. The van der Waals surface area contributed by atoms with Crippen molar-refractivity contribution >= 4 is 65.6 Å². The zero-order chi connectivity index (χ0) is 20.8. The second-order valence-corrected chi connectivity index (χ2v) is 10.3. The fourth-order valence-corrected chi connectivity index (χ4v) is 4.91. The van der Waals surface area contributed by atoms with E-state index in [4.69, 9.17) is 11.6 Å². The van der Waals surface area contributed by atoms with Crippen molar-refractivity contribution < 1.29 is 18.0 Å². The molecule has 1 atom stereocenters. The van der Waals surface area contributed by atoms with Crippen molar-refractivity contribution in [3.05, 3.63) is 47.5 Å². The van der Waals surface area contributed by atoms with Crippen molar-refractivity contribution in [2.75, 3.05) is 23.0 Å². The third kappa shape index (κ3) is 4.12. The lowest BCUT2D eigenvalue weighted by Gasteiger charge is -2.16. The number of thiazole rings is 1. The molecule has 150 valence electrons. The van der Waals surface area contributed by atoms with Gasteiger partial charge >= 0.3 is 0 Å². The summed E-state index contributed by atoms with van der Waals surface area (Å²) in [7, 11) is -3.32. The van der Waals surface area contributed by atoms with Gasteiger partial charge in [0.2, 0.25) is 11.8 Å². The number of hydrogen-bond acceptors (Lipinski definition) is 6. The molecule has 0 bridgehead atoms. The van der Waals surface area contributed by atoms with Crippen molar-refractivity contribution in [1.29, 1.82) is 0 Å². The third-order valence-electron chi connectivity index (χ3n) is 4.65. The molecule has 2 heterocycles. The van der Waals surface area contributed by atoms with Crippen LogP contribution in [-0.2, 0) is 19.4 Å². The number of fused-ring (bicyclic) bond motifs is 1. The topological polar surface area (TPSA) is 96.4 Å². The smallest absolute Gasteiger partial charge is 0.231 e. The van der Waals surface area contributed by atoms with Crippen LogP contribution < -0.4 is 10.2 Å². The van der Waals surface area contributed by atoms with Gasteiger partial charge in [0.15, 0.2) is 15.0 Å². The van der Waals surface area contributed by atoms with Gasteiger partial charge in [-0.05, 0) is 42.5 Å².